The van der Waals surface area contributed by atoms with Gasteiger partial charge in [0.2, 0.25) is 0 Å². The van der Waals surface area contributed by atoms with Crippen LogP contribution in [0.4, 0.5) is 0 Å². The second-order valence-electron chi connectivity index (χ2n) is 8.47. The Morgan fingerprint density at radius 2 is 1.80 bits per heavy atom. The minimum Gasteiger partial charge on any atom is -0.504 e. The Kier molecular flexibility index (Phi) is 9.79. The van der Waals surface area contributed by atoms with Gasteiger partial charge in [-0.3, -0.25) is 9.80 Å². The fourth-order valence-electron chi connectivity index (χ4n) is 4.03. The van der Waals surface area contributed by atoms with E-state index in [-0.39, 0.29) is 5.75 Å². The number of rotatable bonds is 11. The van der Waals surface area contributed by atoms with E-state index in [4.69, 9.17) is 18.9 Å². The van der Waals surface area contributed by atoms with Crippen LogP contribution in [0.2, 0.25) is 0 Å². The Morgan fingerprint density at radius 3 is 2.46 bits per heavy atom. The molecule has 2 aromatic carbocycles. The number of benzene rings is 2. The Hall–Kier alpha value is -3.25. The molecule has 0 aromatic heterocycles. The van der Waals surface area contributed by atoms with Crippen LogP contribution in [0.15, 0.2) is 36.4 Å². The highest BCUT2D eigenvalue weighted by molar-refractivity contribution is 5.59. The zero-order chi connectivity index (χ0) is 25.2. The lowest BCUT2D eigenvalue weighted by Gasteiger charge is -2.27. The quantitative estimate of drug-likeness (QED) is 0.523. The largest absolute Gasteiger partial charge is 0.504 e. The molecule has 0 spiro atoms. The molecular formula is C27H35N3O5. The minimum absolute atomic E-state index is 0.153. The fourth-order valence-corrected chi connectivity index (χ4v) is 4.03. The van der Waals surface area contributed by atoms with Crippen LogP contribution < -0.4 is 14.2 Å². The molecule has 1 aliphatic rings. The number of morpholine rings is 1. The van der Waals surface area contributed by atoms with Gasteiger partial charge in [0, 0.05) is 31.7 Å². The maximum absolute atomic E-state index is 10.6. The van der Waals surface area contributed by atoms with Crippen LogP contribution >= 0.6 is 0 Å². The normalized spacial score (nSPS) is 15.2. The molecule has 1 N–H and O–H groups in total. The van der Waals surface area contributed by atoms with Crippen LogP contribution in [0.1, 0.15) is 16.7 Å². The van der Waals surface area contributed by atoms with E-state index in [2.05, 4.69) is 11.0 Å². The number of ether oxygens (including phenoxy) is 4. The maximum atomic E-state index is 10.6. The number of likely N-dealkylation sites (N-methyl/N-ethyl adjacent to an activating group) is 1. The zero-order valence-electron chi connectivity index (χ0n) is 21.0. The van der Waals surface area contributed by atoms with Crippen molar-refractivity contribution in [1.82, 2.24) is 9.80 Å². The van der Waals surface area contributed by atoms with Crippen molar-refractivity contribution in [2.24, 2.45) is 0 Å². The second kappa shape index (κ2) is 13.0. The highest BCUT2D eigenvalue weighted by Gasteiger charge is 2.17. The van der Waals surface area contributed by atoms with Crippen molar-refractivity contribution in [3.05, 3.63) is 53.1 Å². The molecule has 8 heteroatoms. The first-order valence-electron chi connectivity index (χ1n) is 11.7. The molecule has 1 heterocycles. The lowest BCUT2D eigenvalue weighted by molar-refractivity contribution is 0.0338. The summed E-state index contributed by atoms with van der Waals surface area (Å²) >= 11 is 0. The summed E-state index contributed by atoms with van der Waals surface area (Å²) in [6.07, 6.45) is 4.55. The number of phenols is 1. The van der Waals surface area contributed by atoms with E-state index < -0.39 is 6.04 Å². The van der Waals surface area contributed by atoms with Gasteiger partial charge in [-0.2, -0.15) is 5.26 Å². The molecule has 3 rings (SSSR count). The third-order valence-corrected chi connectivity index (χ3v) is 6.17. The zero-order valence-corrected chi connectivity index (χ0v) is 21.0. The third-order valence-electron chi connectivity index (χ3n) is 6.17. The number of hydrogen-bond acceptors (Lipinski definition) is 8. The topological polar surface area (TPSA) is 87.4 Å². The molecule has 2 aromatic rings. The SMILES string of the molecule is COc1ccc(CCN(C)C(C#N)C=Cc2cc(CN3CCOCC3)c(O)c(OC)c2)cc1OC. The highest BCUT2D eigenvalue weighted by atomic mass is 16.5. The van der Waals surface area contributed by atoms with Gasteiger partial charge in [0.05, 0.1) is 40.6 Å². The van der Waals surface area contributed by atoms with E-state index in [1.165, 1.54) is 0 Å². The Labute approximate surface area is 207 Å². The number of aromatic hydroxyl groups is 1. The molecule has 0 aliphatic carbocycles. The van der Waals surface area contributed by atoms with E-state index in [1.807, 2.05) is 48.4 Å². The molecule has 1 saturated heterocycles. The molecule has 0 radical (unpaired) electrons. The standard InChI is InChI=1S/C27H35N3O5/c1-29(10-9-20-6-8-24(32-2)25(16-20)33-3)23(18-28)7-5-21-15-22(27(31)26(17-21)34-4)19-30-11-13-35-14-12-30/h5-8,15-17,23,31H,9-14,19H2,1-4H3. The van der Waals surface area contributed by atoms with Crippen molar-refractivity contribution < 1.29 is 24.1 Å². The first-order valence-corrected chi connectivity index (χ1v) is 11.7. The summed E-state index contributed by atoms with van der Waals surface area (Å²) in [6, 6.07) is 11.5. The molecule has 1 unspecified atom stereocenters. The summed E-state index contributed by atoms with van der Waals surface area (Å²) in [6.45, 7) is 4.33. The van der Waals surface area contributed by atoms with E-state index in [9.17, 15) is 10.4 Å². The lowest BCUT2D eigenvalue weighted by atomic mass is 10.1. The van der Waals surface area contributed by atoms with E-state index in [0.717, 1.165) is 36.2 Å². The summed E-state index contributed by atoms with van der Waals surface area (Å²) < 4.78 is 21.5. The molecule has 1 fully saturated rings. The lowest BCUT2D eigenvalue weighted by Crippen LogP contribution is -2.35. The fraction of sp³-hybridized carbons (Fsp3) is 0.444. The van der Waals surface area contributed by atoms with Crippen molar-refractivity contribution in [1.29, 1.82) is 5.26 Å². The minimum atomic E-state index is -0.405. The number of phenolic OH excluding ortho intramolecular Hbond substituents is 1. The molecule has 35 heavy (non-hydrogen) atoms. The molecule has 188 valence electrons. The van der Waals surface area contributed by atoms with Gasteiger partial charge in [-0.1, -0.05) is 18.2 Å². The van der Waals surface area contributed by atoms with Gasteiger partial charge in [0.15, 0.2) is 23.0 Å². The monoisotopic (exact) mass is 481 g/mol. The number of nitrogens with zero attached hydrogens (tertiary/aromatic N) is 3. The molecule has 1 aliphatic heterocycles. The second-order valence-corrected chi connectivity index (χ2v) is 8.47. The Bertz CT molecular complexity index is 1040. The van der Waals surface area contributed by atoms with Crippen LogP contribution in [0, 0.1) is 11.3 Å². The van der Waals surface area contributed by atoms with Gasteiger partial charge in [-0.05, 0) is 48.9 Å². The van der Waals surface area contributed by atoms with E-state index in [0.29, 0.717) is 43.6 Å². The van der Waals surface area contributed by atoms with Crippen LogP contribution in [0.25, 0.3) is 6.08 Å². The van der Waals surface area contributed by atoms with Crippen LogP contribution in [-0.4, -0.2) is 82.2 Å². The van der Waals surface area contributed by atoms with Gasteiger partial charge < -0.3 is 24.1 Å². The van der Waals surface area contributed by atoms with Crippen molar-refractivity contribution in [2.75, 3.05) is 61.2 Å². The van der Waals surface area contributed by atoms with E-state index in [1.54, 1.807) is 27.4 Å². The summed E-state index contributed by atoms with van der Waals surface area (Å²) in [5.74, 6) is 1.96. The predicted molar refractivity (Wildman–Crippen MR) is 135 cm³/mol. The van der Waals surface area contributed by atoms with Crippen molar-refractivity contribution in [2.45, 2.75) is 19.0 Å². The predicted octanol–water partition coefficient (Wildman–Crippen LogP) is 3.33. The molecule has 0 saturated carbocycles. The summed E-state index contributed by atoms with van der Waals surface area (Å²) in [5.41, 5.74) is 2.77. The molecule has 0 bridgehead atoms. The Morgan fingerprint density at radius 1 is 1.09 bits per heavy atom. The number of hydrogen-bond donors (Lipinski definition) is 1. The van der Waals surface area contributed by atoms with Gasteiger partial charge in [-0.25, -0.2) is 0 Å². The van der Waals surface area contributed by atoms with Crippen LogP contribution in [-0.2, 0) is 17.7 Å². The van der Waals surface area contributed by atoms with Crippen LogP contribution in [0.5, 0.6) is 23.0 Å². The van der Waals surface area contributed by atoms with Gasteiger partial charge in [0.25, 0.3) is 0 Å². The van der Waals surface area contributed by atoms with Crippen molar-refractivity contribution >= 4 is 6.08 Å². The molecule has 8 nitrogen and oxygen atoms in total. The molecular weight excluding hydrogens is 446 g/mol. The summed E-state index contributed by atoms with van der Waals surface area (Å²) in [5, 5.41) is 20.4. The maximum Gasteiger partial charge on any atom is 0.162 e. The average molecular weight is 482 g/mol. The van der Waals surface area contributed by atoms with Gasteiger partial charge >= 0.3 is 0 Å². The van der Waals surface area contributed by atoms with Crippen LogP contribution in [0.3, 0.4) is 0 Å². The first kappa shape index (κ1) is 26.4. The average Bonchev–Trinajstić information content (AvgIpc) is 2.89. The summed E-state index contributed by atoms with van der Waals surface area (Å²) in [7, 11) is 6.71. The number of methoxy groups -OCH3 is 3. The Balaban J connectivity index is 1.68. The van der Waals surface area contributed by atoms with E-state index >= 15 is 0 Å². The van der Waals surface area contributed by atoms with Crippen molar-refractivity contribution in [3.8, 4) is 29.1 Å². The number of nitriles is 1. The first-order chi connectivity index (χ1) is 17.0. The highest BCUT2D eigenvalue weighted by Crippen LogP contribution is 2.33. The smallest absolute Gasteiger partial charge is 0.162 e. The van der Waals surface area contributed by atoms with Gasteiger partial charge in [-0.15, -0.1) is 0 Å². The summed E-state index contributed by atoms with van der Waals surface area (Å²) in [4.78, 5) is 4.24. The third kappa shape index (κ3) is 7.12. The van der Waals surface area contributed by atoms with Gasteiger partial charge in [0.1, 0.15) is 6.04 Å². The molecule has 1 atom stereocenters. The van der Waals surface area contributed by atoms with Crippen molar-refractivity contribution in [3.63, 3.8) is 0 Å². The molecule has 0 amide bonds.